The number of rotatable bonds is 3. The van der Waals surface area contributed by atoms with Crippen LogP contribution in [0.25, 0.3) is 10.8 Å². The number of nitrogens with one attached hydrogen (secondary N) is 1. The first kappa shape index (κ1) is 13.4. The van der Waals surface area contributed by atoms with Gasteiger partial charge in [0, 0.05) is 11.8 Å². The number of aromatic amines is 1. The highest BCUT2D eigenvalue weighted by Gasteiger charge is 2.20. The van der Waals surface area contributed by atoms with Gasteiger partial charge in [-0.2, -0.15) is 5.10 Å². The molecule has 0 spiro atoms. The number of H-pyrrole nitrogens is 1. The molecule has 0 aliphatic carbocycles. The van der Waals surface area contributed by atoms with Crippen molar-refractivity contribution in [2.45, 2.75) is 12.5 Å². The van der Waals surface area contributed by atoms with E-state index in [4.69, 9.17) is 14.2 Å². The van der Waals surface area contributed by atoms with Crippen molar-refractivity contribution in [3.63, 3.8) is 0 Å². The lowest BCUT2D eigenvalue weighted by molar-refractivity contribution is 0.139. The Kier molecular flexibility index (Phi) is 3.62. The first-order valence-electron chi connectivity index (χ1n) is 6.19. The molecule has 1 fully saturated rings. The first-order chi connectivity index (χ1) is 9.69. The summed E-state index contributed by atoms with van der Waals surface area (Å²) in [5.74, 6) is 1.11. The first-order valence-corrected chi connectivity index (χ1v) is 6.98. The molecule has 1 saturated heterocycles. The fourth-order valence-corrected chi connectivity index (χ4v) is 2.59. The van der Waals surface area contributed by atoms with Gasteiger partial charge in [0.05, 0.1) is 25.7 Å². The van der Waals surface area contributed by atoms with Gasteiger partial charge in [0.2, 0.25) is 0 Å². The summed E-state index contributed by atoms with van der Waals surface area (Å²) >= 11 is 3.32. The molecule has 0 radical (unpaired) electrons. The molecule has 6 nitrogen and oxygen atoms in total. The lowest BCUT2D eigenvalue weighted by Gasteiger charge is -2.15. The molecule has 1 N–H and O–H groups in total. The standard InChI is InChI=1S/C13H13BrN2O4/c1-18-10-5-9-8(12(14)15-16-13(9)17)4-11(10)20-7-2-3-19-6-7/h4-5,7H,2-3,6H2,1H3,(H,16,17). The number of aromatic nitrogens is 2. The average molecular weight is 341 g/mol. The highest BCUT2D eigenvalue weighted by Crippen LogP contribution is 2.34. The van der Waals surface area contributed by atoms with Crippen molar-refractivity contribution in [2.24, 2.45) is 0 Å². The third-order valence-corrected chi connectivity index (χ3v) is 3.81. The Morgan fingerprint density at radius 1 is 1.40 bits per heavy atom. The quantitative estimate of drug-likeness (QED) is 0.923. The topological polar surface area (TPSA) is 73.4 Å². The van der Waals surface area contributed by atoms with Crippen LogP contribution in [0.5, 0.6) is 11.5 Å². The number of benzene rings is 1. The van der Waals surface area contributed by atoms with Crippen molar-refractivity contribution < 1.29 is 14.2 Å². The molecule has 106 valence electrons. The van der Waals surface area contributed by atoms with Crippen LogP contribution in [0.2, 0.25) is 0 Å². The fourth-order valence-electron chi connectivity index (χ4n) is 2.18. The summed E-state index contributed by atoms with van der Waals surface area (Å²) in [5.41, 5.74) is -0.266. The van der Waals surface area contributed by atoms with Crippen LogP contribution in [0.1, 0.15) is 6.42 Å². The lowest BCUT2D eigenvalue weighted by atomic mass is 10.1. The van der Waals surface area contributed by atoms with Gasteiger partial charge in [0.25, 0.3) is 5.56 Å². The van der Waals surface area contributed by atoms with E-state index in [1.807, 2.05) is 0 Å². The van der Waals surface area contributed by atoms with Gasteiger partial charge < -0.3 is 14.2 Å². The van der Waals surface area contributed by atoms with Crippen LogP contribution < -0.4 is 15.0 Å². The molecule has 3 rings (SSSR count). The molecule has 1 atom stereocenters. The van der Waals surface area contributed by atoms with Gasteiger partial charge in [-0.3, -0.25) is 4.79 Å². The van der Waals surface area contributed by atoms with Crippen LogP contribution in [0.3, 0.4) is 0 Å². The molecule has 2 heterocycles. The SMILES string of the molecule is COc1cc2c(=O)[nH]nc(Br)c2cc1OC1CCOC1. The van der Waals surface area contributed by atoms with Gasteiger partial charge in [-0.05, 0) is 28.1 Å². The van der Waals surface area contributed by atoms with Crippen LogP contribution in [-0.4, -0.2) is 36.6 Å². The van der Waals surface area contributed by atoms with Crippen LogP contribution >= 0.6 is 15.9 Å². The van der Waals surface area contributed by atoms with Crippen molar-refractivity contribution in [2.75, 3.05) is 20.3 Å². The predicted molar refractivity (Wildman–Crippen MR) is 76.5 cm³/mol. The van der Waals surface area contributed by atoms with Gasteiger partial charge in [0.1, 0.15) is 10.7 Å². The number of halogens is 1. The highest BCUT2D eigenvalue weighted by atomic mass is 79.9. The molecule has 0 saturated carbocycles. The normalized spacial score (nSPS) is 18.4. The summed E-state index contributed by atoms with van der Waals surface area (Å²) in [6, 6.07) is 3.42. The minimum Gasteiger partial charge on any atom is -0.493 e. The van der Waals surface area contributed by atoms with Gasteiger partial charge >= 0.3 is 0 Å². The van der Waals surface area contributed by atoms with Crippen molar-refractivity contribution in [1.82, 2.24) is 10.2 Å². The minimum atomic E-state index is -0.266. The summed E-state index contributed by atoms with van der Waals surface area (Å²) in [6.45, 7) is 1.27. The molecule has 7 heteroatoms. The van der Waals surface area contributed by atoms with Crippen molar-refractivity contribution >= 4 is 26.7 Å². The zero-order chi connectivity index (χ0) is 14.1. The monoisotopic (exact) mass is 340 g/mol. The summed E-state index contributed by atoms with van der Waals surface area (Å²) < 4.78 is 17.0. The summed E-state index contributed by atoms with van der Waals surface area (Å²) in [7, 11) is 1.55. The van der Waals surface area contributed by atoms with E-state index in [9.17, 15) is 4.79 Å². The molecule has 1 aliphatic rings. The van der Waals surface area contributed by atoms with Crippen LogP contribution in [0, 0.1) is 0 Å². The molecular formula is C13H13BrN2O4. The van der Waals surface area contributed by atoms with E-state index in [1.54, 1.807) is 19.2 Å². The Labute approximate surface area is 123 Å². The molecule has 0 amide bonds. The van der Waals surface area contributed by atoms with Gasteiger partial charge in [0.15, 0.2) is 11.5 Å². The maximum atomic E-state index is 11.8. The molecule has 1 aromatic carbocycles. The summed E-state index contributed by atoms with van der Waals surface area (Å²) in [6.07, 6.45) is 0.853. The lowest BCUT2D eigenvalue weighted by Crippen LogP contribution is -2.16. The predicted octanol–water partition coefficient (Wildman–Crippen LogP) is 1.86. The average Bonchev–Trinajstić information content (AvgIpc) is 2.95. The number of hydrogen-bond donors (Lipinski definition) is 1. The number of ether oxygens (including phenoxy) is 3. The molecule has 0 bridgehead atoms. The van der Waals surface area contributed by atoms with Crippen LogP contribution in [0.15, 0.2) is 21.5 Å². The smallest absolute Gasteiger partial charge is 0.272 e. The van der Waals surface area contributed by atoms with E-state index in [0.717, 1.165) is 6.42 Å². The van der Waals surface area contributed by atoms with Crippen molar-refractivity contribution in [3.05, 3.63) is 27.1 Å². The Hall–Kier alpha value is -1.60. The van der Waals surface area contributed by atoms with Crippen molar-refractivity contribution in [3.8, 4) is 11.5 Å². The Balaban J connectivity index is 2.10. The minimum absolute atomic E-state index is 0.00933. The van der Waals surface area contributed by atoms with Gasteiger partial charge in [-0.15, -0.1) is 0 Å². The van der Waals surface area contributed by atoms with Gasteiger partial charge in [-0.25, -0.2) is 5.10 Å². The van der Waals surface area contributed by atoms with Crippen LogP contribution in [-0.2, 0) is 4.74 Å². The highest BCUT2D eigenvalue weighted by molar-refractivity contribution is 9.10. The number of hydrogen-bond acceptors (Lipinski definition) is 5. The second-order valence-electron chi connectivity index (χ2n) is 4.50. The van der Waals surface area contributed by atoms with Crippen molar-refractivity contribution in [1.29, 1.82) is 0 Å². The van der Waals surface area contributed by atoms with E-state index < -0.39 is 0 Å². The number of nitrogens with zero attached hydrogens (tertiary/aromatic N) is 1. The maximum Gasteiger partial charge on any atom is 0.272 e. The second-order valence-corrected chi connectivity index (χ2v) is 5.25. The molecule has 2 aromatic rings. The van der Waals surface area contributed by atoms with E-state index in [2.05, 4.69) is 26.1 Å². The third-order valence-electron chi connectivity index (χ3n) is 3.21. The van der Waals surface area contributed by atoms with Gasteiger partial charge in [-0.1, -0.05) is 0 Å². The van der Waals surface area contributed by atoms with E-state index in [1.165, 1.54) is 0 Å². The largest absolute Gasteiger partial charge is 0.493 e. The van der Waals surface area contributed by atoms with E-state index in [-0.39, 0.29) is 11.7 Å². The second kappa shape index (κ2) is 5.41. The summed E-state index contributed by atoms with van der Waals surface area (Å²) in [5, 5.41) is 7.49. The zero-order valence-corrected chi connectivity index (χ0v) is 12.4. The molecule has 1 aromatic heterocycles. The Morgan fingerprint density at radius 3 is 2.90 bits per heavy atom. The number of fused-ring (bicyclic) bond motifs is 1. The van der Waals surface area contributed by atoms with E-state index >= 15 is 0 Å². The Morgan fingerprint density at radius 2 is 2.20 bits per heavy atom. The molecule has 1 unspecified atom stereocenters. The van der Waals surface area contributed by atoms with Crippen LogP contribution in [0.4, 0.5) is 0 Å². The molecule has 20 heavy (non-hydrogen) atoms. The Bertz CT molecular complexity index is 695. The fraction of sp³-hybridized carbons (Fsp3) is 0.385. The number of methoxy groups -OCH3 is 1. The maximum absolute atomic E-state index is 11.8. The zero-order valence-electron chi connectivity index (χ0n) is 10.8. The molecule has 1 aliphatic heterocycles. The summed E-state index contributed by atoms with van der Waals surface area (Å²) in [4.78, 5) is 11.8. The third kappa shape index (κ3) is 2.38. The van der Waals surface area contributed by atoms with E-state index in [0.29, 0.717) is 40.1 Å². The molecular weight excluding hydrogens is 328 g/mol.